The molecule has 0 unspecified atom stereocenters. The van der Waals surface area contributed by atoms with Gasteiger partial charge in [-0.3, -0.25) is 9.59 Å². The highest BCUT2D eigenvalue weighted by Crippen LogP contribution is 2.38. The summed E-state index contributed by atoms with van der Waals surface area (Å²) in [4.78, 5) is 52.8. The van der Waals surface area contributed by atoms with E-state index in [-0.39, 0.29) is 18.1 Å². The molecule has 8 bridgehead atoms. The number of hydrogen-bond donors (Lipinski definition) is 4. The van der Waals surface area contributed by atoms with Gasteiger partial charge in [-0.25, -0.2) is 9.97 Å². The van der Waals surface area contributed by atoms with E-state index in [0.29, 0.717) is 25.0 Å². The predicted octanol–water partition coefficient (Wildman–Crippen LogP) is 7.43. The number of aliphatic carboxylic acids is 1. The van der Waals surface area contributed by atoms with Gasteiger partial charge in [0.15, 0.2) is 0 Å². The number of hydrogen-bond acceptors (Lipinski definition) is 5. The van der Waals surface area contributed by atoms with E-state index in [1.807, 2.05) is 51.1 Å². The van der Waals surface area contributed by atoms with Gasteiger partial charge in [0, 0.05) is 46.0 Å². The van der Waals surface area contributed by atoms with Crippen molar-refractivity contribution in [1.29, 1.82) is 0 Å². The van der Waals surface area contributed by atoms with E-state index in [9.17, 15) is 14.4 Å². The van der Waals surface area contributed by atoms with Gasteiger partial charge < -0.3 is 25.2 Å². The van der Waals surface area contributed by atoms with Gasteiger partial charge in [-0.1, -0.05) is 25.3 Å². The molecule has 2 aliphatic rings. The van der Waals surface area contributed by atoms with Crippen molar-refractivity contribution >= 4 is 74.2 Å². The van der Waals surface area contributed by atoms with Crippen LogP contribution in [0.2, 0.25) is 0 Å². The first-order valence-corrected chi connectivity index (χ1v) is 15.3. The van der Waals surface area contributed by atoms with Crippen LogP contribution in [-0.4, -0.2) is 49.2 Å². The molecule has 0 aromatic carbocycles. The minimum atomic E-state index is -1.10. The number of ketones is 1. The second-order valence-corrected chi connectivity index (χ2v) is 11.8. The summed E-state index contributed by atoms with van der Waals surface area (Å²) in [5, 5.41) is 11.4. The molecule has 3 aromatic heterocycles. The number of allylic oxidation sites excluding steroid dienone is 4. The molecule has 0 atom stereocenters. The van der Waals surface area contributed by atoms with Crippen molar-refractivity contribution in [1.82, 2.24) is 25.3 Å². The number of carbonyl (C=O) groups is 3. The van der Waals surface area contributed by atoms with Crippen molar-refractivity contribution in [2.24, 2.45) is 0 Å². The molecule has 236 valence electrons. The average Bonchev–Trinajstić information content (AvgIpc) is 3.66. The lowest BCUT2D eigenvalue weighted by Gasteiger charge is -2.07. The highest BCUT2D eigenvalue weighted by atomic mass is 16.4. The topological polar surface area (TPSA) is 141 Å². The lowest BCUT2D eigenvalue weighted by atomic mass is 9.97. The molecule has 4 N–H and O–H groups in total. The lowest BCUT2D eigenvalue weighted by Crippen LogP contribution is -2.28. The molecule has 0 radical (unpaired) electrons. The first-order valence-electron chi connectivity index (χ1n) is 15.3. The number of carbonyl (C=O) groups excluding carboxylic acids is 2. The van der Waals surface area contributed by atoms with Crippen LogP contribution in [0.1, 0.15) is 91.5 Å². The number of rotatable bonds is 10. The van der Waals surface area contributed by atoms with E-state index in [4.69, 9.17) is 15.1 Å². The van der Waals surface area contributed by atoms with E-state index in [0.717, 1.165) is 83.7 Å². The maximum absolute atomic E-state index is 12.5. The molecule has 0 fully saturated rings. The number of nitrogens with one attached hydrogen (secondary N) is 3. The Labute approximate surface area is 267 Å². The van der Waals surface area contributed by atoms with Crippen LogP contribution in [0, 0.1) is 13.8 Å². The molecular weight excluding hydrogens is 578 g/mol. The van der Waals surface area contributed by atoms with Crippen molar-refractivity contribution in [2.75, 3.05) is 6.54 Å². The molecule has 3 aromatic rings. The summed E-state index contributed by atoms with van der Waals surface area (Å²) in [5.74, 6) is -1.36. The van der Waals surface area contributed by atoms with Gasteiger partial charge in [-0.05, 0) is 105 Å². The molecule has 0 spiro atoms. The molecular formula is C37H39N5O4. The van der Waals surface area contributed by atoms with Gasteiger partial charge in [-0.2, -0.15) is 0 Å². The highest BCUT2D eigenvalue weighted by molar-refractivity contribution is 5.97. The second-order valence-electron chi connectivity index (χ2n) is 11.8. The van der Waals surface area contributed by atoms with Crippen LogP contribution in [0.4, 0.5) is 0 Å². The Morgan fingerprint density at radius 2 is 1.22 bits per heavy atom. The molecule has 5 heterocycles. The molecule has 0 saturated heterocycles. The van der Waals surface area contributed by atoms with Gasteiger partial charge >= 0.3 is 5.97 Å². The molecule has 0 saturated carbocycles. The Balaban J connectivity index is 1.83. The number of aromatic nitrogens is 4. The summed E-state index contributed by atoms with van der Waals surface area (Å²) in [5.41, 5.74) is 14.3. The zero-order valence-corrected chi connectivity index (χ0v) is 27.0. The Kier molecular flexibility index (Phi) is 9.05. The van der Waals surface area contributed by atoms with E-state index >= 15 is 0 Å². The standard InChI is InChI=1S/C37H39N5O4/c1-8-24-20(4)28-14-29-23(7)27(12-13-36(44)38-18-37(45)46)35(41-29)17-34-26(11-10-19(3)43)22(6)31(42-34)16-33-25(9-2)21(5)30(40-33)15-32(24)39-28/h8-9,14-17,39-40H,1-2,10-13,18H2,3-7H3,(H,38,44)(H,45,46). The summed E-state index contributed by atoms with van der Waals surface area (Å²) in [7, 11) is 0. The Morgan fingerprint density at radius 1 is 0.739 bits per heavy atom. The van der Waals surface area contributed by atoms with Gasteiger partial charge in [0.1, 0.15) is 12.3 Å². The van der Waals surface area contributed by atoms with Crippen LogP contribution in [0.15, 0.2) is 37.4 Å². The van der Waals surface area contributed by atoms with Gasteiger partial charge in [-0.15, -0.1) is 0 Å². The van der Waals surface area contributed by atoms with Crippen LogP contribution in [0.5, 0.6) is 0 Å². The van der Waals surface area contributed by atoms with Crippen molar-refractivity contribution in [3.63, 3.8) is 0 Å². The number of nitrogens with zero attached hydrogens (tertiary/aromatic N) is 2. The third-order valence-electron chi connectivity index (χ3n) is 8.81. The Hall–Kier alpha value is -5.31. The third kappa shape index (κ3) is 6.26. The van der Waals surface area contributed by atoms with E-state index in [1.165, 1.54) is 0 Å². The van der Waals surface area contributed by atoms with Crippen molar-refractivity contribution in [2.45, 2.75) is 60.3 Å². The van der Waals surface area contributed by atoms with E-state index in [1.54, 1.807) is 6.92 Å². The fourth-order valence-corrected chi connectivity index (χ4v) is 6.10. The maximum atomic E-state index is 12.5. The number of carboxylic acids is 1. The quantitative estimate of drug-likeness (QED) is 0.186. The summed E-state index contributed by atoms with van der Waals surface area (Å²) >= 11 is 0. The summed E-state index contributed by atoms with van der Waals surface area (Å²) in [6.07, 6.45) is 5.06. The second kappa shape index (κ2) is 13.0. The number of aromatic amines is 2. The summed E-state index contributed by atoms with van der Waals surface area (Å²) in [6, 6.07) is 8.05. The van der Waals surface area contributed by atoms with Gasteiger partial charge in [0.2, 0.25) is 5.91 Å². The third-order valence-corrected chi connectivity index (χ3v) is 8.81. The highest BCUT2D eigenvalue weighted by Gasteiger charge is 2.22. The van der Waals surface area contributed by atoms with Crippen LogP contribution < -0.4 is 5.32 Å². The lowest BCUT2D eigenvalue weighted by molar-refractivity contribution is -0.137. The summed E-state index contributed by atoms with van der Waals surface area (Å²) in [6.45, 7) is 17.4. The van der Waals surface area contributed by atoms with Crippen molar-refractivity contribution in [3.8, 4) is 0 Å². The molecule has 5 rings (SSSR count). The van der Waals surface area contributed by atoms with Gasteiger partial charge in [0.25, 0.3) is 0 Å². The molecule has 0 aliphatic carbocycles. The minimum Gasteiger partial charge on any atom is -0.480 e. The Bertz CT molecular complexity index is 2050. The maximum Gasteiger partial charge on any atom is 0.322 e. The first-order chi connectivity index (χ1) is 21.9. The van der Waals surface area contributed by atoms with Crippen LogP contribution in [-0.2, 0) is 14.4 Å². The van der Waals surface area contributed by atoms with Crippen molar-refractivity contribution < 1.29 is 19.5 Å². The predicted molar refractivity (Wildman–Crippen MR) is 185 cm³/mol. The normalized spacial score (nSPS) is 12.8. The number of fused-ring (bicyclic) bond motifs is 8. The number of aryl methyl sites for hydroxylation is 2. The van der Waals surface area contributed by atoms with Gasteiger partial charge in [0.05, 0.1) is 22.8 Å². The average molecular weight is 618 g/mol. The molecule has 9 heteroatoms. The van der Waals surface area contributed by atoms with Crippen LogP contribution in [0.25, 0.3) is 56.5 Å². The number of amides is 1. The smallest absolute Gasteiger partial charge is 0.322 e. The number of H-pyrrole nitrogens is 2. The zero-order chi connectivity index (χ0) is 33.3. The number of carboxylic acid groups (broad SMARTS) is 1. The minimum absolute atomic E-state index is 0.0937. The number of Topliss-reactive ketones (excluding diaryl/α,β-unsaturated/α-hetero) is 1. The van der Waals surface area contributed by atoms with Crippen LogP contribution in [0.3, 0.4) is 0 Å². The SMILES string of the molecule is C=Cc1c(C)c2cc3[nH]c(cc4nc(cc5nc(cc1[nH]2)C(C)=C5CCC(C)=O)C(CCC(=O)NCC(=O)O)=C4C)c(C)c3C=C. The molecule has 46 heavy (non-hydrogen) atoms. The fraction of sp³-hybridized carbons (Fsp3) is 0.270. The van der Waals surface area contributed by atoms with Crippen LogP contribution >= 0.6 is 0 Å². The molecule has 2 aliphatic heterocycles. The van der Waals surface area contributed by atoms with E-state index in [2.05, 4.69) is 41.4 Å². The monoisotopic (exact) mass is 617 g/mol. The molecule has 9 nitrogen and oxygen atoms in total. The Morgan fingerprint density at radius 3 is 1.72 bits per heavy atom. The first kappa shape index (κ1) is 32.1. The van der Waals surface area contributed by atoms with E-state index < -0.39 is 12.5 Å². The van der Waals surface area contributed by atoms with Crippen molar-refractivity contribution in [3.05, 3.63) is 82.5 Å². The largest absolute Gasteiger partial charge is 0.480 e. The zero-order valence-electron chi connectivity index (χ0n) is 27.0. The fourth-order valence-electron chi connectivity index (χ4n) is 6.10. The summed E-state index contributed by atoms with van der Waals surface area (Å²) < 4.78 is 0. The molecule has 1 amide bonds.